The van der Waals surface area contributed by atoms with Crippen molar-refractivity contribution in [1.29, 1.82) is 0 Å². The summed E-state index contributed by atoms with van der Waals surface area (Å²) >= 11 is 1.65. The van der Waals surface area contributed by atoms with Crippen LogP contribution in [0.1, 0.15) is 11.6 Å². The highest BCUT2D eigenvalue weighted by molar-refractivity contribution is 7.17. The van der Waals surface area contributed by atoms with Gasteiger partial charge in [-0.05, 0) is 24.6 Å². The molecule has 1 N–H and O–H groups in total. The Labute approximate surface area is 137 Å². The van der Waals surface area contributed by atoms with Crippen LogP contribution < -0.4 is 5.32 Å². The number of hydrogen-bond donors (Lipinski definition) is 1. The van der Waals surface area contributed by atoms with E-state index in [0.717, 1.165) is 33.2 Å². The first-order valence-electron chi connectivity index (χ1n) is 7.39. The minimum Gasteiger partial charge on any atom is -0.467 e. The van der Waals surface area contributed by atoms with E-state index in [1.807, 2.05) is 37.3 Å². The molecular weight excluding hydrogens is 306 g/mol. The van der Waals surface area contributed by atoms with Crippen LogP contribution in [0.15, 0.2) is 58.5 Å². The molecule has 0 bridgehead atoms. The normalized spacial score (nSPS) is 11.0. The van der Waals surface area contributed by atoms with Gasteiger partial charge in [-0.15, -0.1) is 11.3 Å². The van der Waals surface area contributed by atoms with Gasteiger partial charge >= 0.3 is 0 Å². The van der Waals surface area contributed by atoms with E-state index in [2.05, 4.69) is 32.8 Å². The van der Waals surface area contributed by atoms with Crippen LogP contribution in [0.4, 0.5) is 5.82 Å². The molecule has 4 nitrogen and oxygen atoms in total. The molecule has 0 fully saturated rings. The number of hydrogen-bond acceptors (Lipinski definition) is 5. The van der Waals surface area contributed by atoms with Crippen LogP contribution >= 0.6 is 11.3 Å². The maximum Gasteiger partial charge on any atom is 0.139 e. The lowest BCUT2D eigenvalue weighted by molar-refractivity contribution is 0.518. The number of benzene rings is 1. The second-order valence-electron chi connectivity index (χ2n) is 5.25. The number of nitrogens with zero attached hydrogens (tertiary/aromatic N) is 2. The average molecular weight is 321 g/mol. The zero-order chi connectivity index (χ0) is 15.6. The van der Waals surface area contributed by atoms with Gasteiger partial charge in [-0.2, -0.15) is 0 Å². The average Bonchev–Trinajstić information content (AvgIpc) is 3.23. The van der Waals surface area contributed by atoms with Crippen LogP contribution in [0.25, 0.3) is 21.3 Å². The molecule has 4 rings (SSSR count). The molecule has 3 aromatic heterocycles. The van der Waals surface area contributed by atoms with Crippen molar-refractivity contribution in [3.8, 4) is 11.1 Å². The second-order valence-corrected chi connectivity index (χ2v) is 6.11. The van der Waals surface area contributed by atoms with E-state index in [-0.39, 0.29) is 0 Å². The highest BCUT2D eigenvalue weighted by Crippen LogP contribution is 2.36. The molecule has 0 aliphatic carbocycles. The zero-order valence-electron chi connectivity index (χ0n) is 12.6. The molecule has 3 heterocycles. The zero-order valence-corrected chi connectivity index (χ0v) is 13.4. The van der Waals surface area contributed by atoms with E-state index >= 15 is 0 Å². The van der Waals surface area contributed by atoms with Gasteiger partial charge in [0.1, 0.15) is 22.2 Å². The Bertz CT molecular complexity index is 930. The Morgan fingerprint density at radius 1 is 1.09 bits per heavy atom. The molecule has 0 aliphatic heterocycles. The molecule has 0 radical (unpaired) electrons. The van der Waals surface area contributed by atoms with Crippen LogP contribution in [0, 0.1) is 6.92 Å². The molecule has 0 atom stereocenters. The van der Waals surface area contributed by atoms with Crippen molar-refractivity contribution in [2.45, 2.75) is 13.5 Å². The number of anilines is 1. The summed E-state index contributed by atoms with van der Waals surface area (Å²) in [7, 11) is 0. The summed E-state index contributed by atoms with van der Waals surface area (Å²) in [5.74, 6) is 2.50. The van der Waals surface area contributed by atoms with Gasteiger partial charge < -0.3 is 9.73 Å². The molecule has 0 spiro atoms. The molecule has 0 aliphatic rings. The summed E-state index contributed by atoms with van der Waals surface area (Å²) in [5.41, 5.74) is 2.33. The van der Waals surface area contributed by atoms with E-state index in [1.165, 1.54) is 5.56 Å². The van der Waals surface area contributed by atoms with Crippen LogP contribution in [-0.2, 0) is 6.54 Å². The molecule has 4 aromatic rings. The third-order valence-electron chi connectivity index (χ3n) is 3.64. The van der Waals surface area contributed by atoms with Crippen LogP contribution in [-0.4, -0.2) is 9.97 Å². The van der Waals surface area contributed by atoms with E-state index in [0.29, 0.717) is 6.54 Å². The highest BCUT2D eigenvalue weighted by Gasteiger charge is 2.14. The summed E-state index contributed by atoms with van der Waals surface area (Å²) in [6, 6.07) is 14.2. The maximum atomic E-state index is 5.39. The van der Waals surface area contributed by atoms with Crippen LogP contribution in [0.3, 0.4) is 0 Å². The standard InChI is InChI=1S/C18H15N3OS/c1-12-20-17(19-10-14-8-5-9-22-14)16-15(11-23-18(16)21-12)13-6-3-2-4-7-13/h2-9,11H,10H2,1H3,(H,19,20,21). The van der Waals surface area contributed by atoms with Gasteiger partial charge in [-0.25, -0.2) is 9.97 Å². The van der Waals surface area contributed by atoms with Crippen molar-refractivity contribution in [3.63, 3.8) is 0 Å². The number of thiophene rings is 1. The molecule has 0 unspecified atom stereocenters. The summed E-state index contributed by atoms with van der Waals surface area (Å²) in [6.07, 6.45) is 1.68. The lowest BCUT2D eigenvalue weighted by Gasteiger charge is -2.08. The molecule has 5 heteroatoms. The summed E-state index contributed by atoms with van der Waals surface area (Å²) in [5, 5.41) is 6.60. The lowest BCUT2D eigenvalue weighted by atomic mass is 10.1. The third kappa shape index (κ3) is 2.71. The van der Waals surface area contributed by atoms with E-state index < -0.39 is 0 Å². The smallest absolute Gasteiger partial charge is 0.139 e. The summed E-state index contributed by atoms with van der Waals surface area (Å²) in [6.45, 7) is 2.52. The first-order valence-corrected chi connectivity index (χ1v) is 8.27. The minimum atomic E-state index is 0.600. The van der Waals surface area contributed by atoms with Gasteiger partial charge in [0.25, 0.3) is 0 Å². The largest absolute Gasteiger partial charge is 0.467 e. The Morgan fingerprint density at radius 2 is 1.96 bits per heavy atom. The predicted octanol–water partition coefficient (Wildman–Crippen LogP) is 4.87. The summed E-state index contributed by atoms with van der Waals surface area (Å²) in [4.78, 5) is 10.2. The fraction of sp³-hybridized carbons (Fsp3) is 0.111. The van der Waals surface area contributed by atoms with Crippen molar-refractivity contribution in [2.75, 3.05) is 5.32 Å². The van der Waals surface area contributed by atoms with E-state index in [4.69, 9.17) is 4.42 Å². The van der Waals surface area contributed by atoms with Crippen LogP contribution in [0.5, 0.6) is 0 Å². The van der Waals surface area contributed by atoms with Crippen LogP contribution in [0.2, 0.25) is 0 Å². The van der Waals surface area contributed by atoms with E-state index in [1.54, 1.807) is 17.6 Å². The Kier molecular flexibility index (Phi) is 3.55. The second kappa shape index (κ2) is 5.85. The van der Waals surface area contributed by atoms with Gasteiger partial charge in [-0.3, -0.25) is 0 Å². The van der Waals surface area contributed by atoms with E-state index in [9.17, 15) is 0 Å². The van der Waals surface area contributed by atoms with Gasteiger partial charge in [0, 0.05) is 10.9 Å². The molecule has 114 valence electrons. The topological polar surface area (TPSA) is 51.0 Å². The van der Waals surface area contributed by atoms with Crippen molar-refractivity contribution < 1.29 is 4.42 Å². The first kappa shape index (κ1) is 14.0. The molecule has 0 amide bonds. The number of aromatic nitrogens is 2. The Balaban J connectivity index is 1.80. The highest BCUT2D eigenvalue weighted by atomic mass is 32.1. The quantitative estimate of drug-likeness (QED) is 0.582. The third-order valence-corrected chi connectivity index (χ3v) is 4.51. The Morgan fingerprint density at radius 3 is 2.74 bits per heavy atom. The number of fused-ring (bicyclic) bond motifs is 1. The monoisotopic (exact) mass is 321 g/mol. The molecular formula is C18H15N3OS. The van der Waals surface area contributed by atoms with Crippen molar-refractivity contribution in [3.05, 3.63) is 65.7 Å². The van der Waals surface area contributed by atoms with Gasteiger partial charge in [0.05, 0.1) is 18.2 Å². The van der Waals surface area contributed by atoms with Gasteiger partial charge in [0.2, 0.25) is 0 Å². The fourth-order valence-corrected chi connectivity index (χ4v) is 3.58. The molecule has 0 saturated carbocycles. The number of furan rings is 1. The van der Waals surface area contributed by atoms with Crippen molar-refractivity contribution in [2.24, 2.45) is 0 Å². The first-order chi connectivity index (χ1) is 11.3. The molecule has 0 saturated heterocycles. The van der Waals surface area contributed by atoms with Gasteiger partial charge in [-0.1, -0.05) is 30.3 Å². The van der Waals surface area contributed by atoms with Crippen molar-refractivity contribution >= 4 is 27.4 Å². The summed E-state index contributed by atoms with van der Waals surface area (Å²) < 4.78 is 5.39. The number of aryl methyl sites for hydroxylation is 1. The Hall–Kier alpha value is -2.66. The fourth-order valence-electron chi connectivity index (χ4n) is 2.59. The minimum absolute atomic E-state index is 0.600. The predicted molar refractivity (Wildman–Crippen MR) is 93.6 cm³/mol. The number of nitrogens with one attached hydrogen (secondary N) is 1. The number of rotatable bonds is 4. The van der Waals surface area contributed by atoms with Gasteiger partial charge in [0.15, 0.2) is 0 Å². The van der Waals surface area contributed by atoms with Crippen molar-refractivity contribution in [1.82, 2.24) is 9.97 Å². The molecule has 23 heavy (non-hydrogen) atoms. The maximum absolute atomic E-state index is 5.39. The lowest BCUT2D eigenvalue weighted by Crippen LogP contribution is -2.03. The molecule has 1 aromatic carbocycles. The SMILES string of the molecule is Cc1nc(NCc2ccco2)c2c(-c3ccccc3)csc2n1.